The first-order valence-electron chi connectivity index (χ1n) is 9.23. The molecule has 0 atom stereocenters. The minimum Gasteiger partial charge on any atom is -0.396 e. The van der Waals surface area contributed by atoms with Crippen LogP contribution >= 0.6 is 0 Å². The molecule has 2 aliphatic heterocycles. The first-order chi connectivity index (χ1) is 14.0. The summed E-state index contributed by atoms with van der Waals surface area (Å²) in [7, 11) is 1.85. The van der Waals surface area contributed by atoms with Gasteiger partial charge in [0.05, 0.1) is 12.2 Å². The van der Waals surface area contributed by atoms with E-state index < -0.39 is 5.82 Å². The molecule has 3 N–H and O–H groups in total. The number of anilines is 4. The van der Waals surface area contributed by atoms with Crippen molar-refractivity contribution >= 4 is 40.8 Å². The number of aromatic nitrogens is 4. The number of halogens is 1. The third kappa shape index (κ3) is 2.91. The lowest BCUT2D eigenvalue weighted by Crippen LogP contribution is -2.32. The Morgan fingerprint density at radius 1 is 1.28 bits per heavy atom. The zero-order chi connectivity index (χ0) is 20.1. The highest BCUT2D eigenvalue weighted by atomic mass is 19.1. The van der Waals surface area contributed by atoms with Crippen molar-refractivity contribution in [2.45, 2.75) is 6.92 Å². The molecule has 3 aromatic rings. The molecule has 8 nitrogen and oxygen atoms in total. The van der Waals surface area contributed by atoms with Crippen molar-refractivity contribution in [3.05, 3.63) is 53.1 Å². The Morgan fingerprint density at radius 2 is 2.14 bits per heavy atom. The van der Waals surface area contributed by atoms with Crippen molar-refractivity contribution in [3.8, 4) is 0 Å². The second-order valence-electron chi connectivity index (χ2n) is 7.08. The molecule has 0 unspecified atom stereocenters. The summed E-state index contributed by atoms with van der Waals surface area (Å²) in [4.78, 5) is 15.8. The van der Waals surface area contributed by atoms with E-state index in [1.807, 2.05) is 32.3 Å². The molecule has 1 aromatic carbocycles. The molecule has 0 saturated heterocycles. The number of fused-ring (bicyclic) bond motifs is 3. The number of nitrogen functional groups attached to an aromatic ring is 1. The molecular formula is C20H19FN8. The molecule has 4 heterocycles. The summed E-state index contributed by atoms with van der Waals surface area (Å²) in [6.45, 7) is 3.24. The molecule has 2 aliphatic rings. The van der Waals surface area contributed by atoms with Crippen LogP contribution in [0.1, 0.15) is 16.7 Å². The number of hydrogen-bond donors (Lipinski definition) is 2. The molecule has 2 aromatic heterocycles. The number of hydrogen-bond acceptors (Lipinski definition) is 7. The average molecular weight is 390 g/mol. The summed E-state index contributed by atoms with van der Waals surface area (Å²) in [5.74, 6) is 2.32. The van der Waals surface area contributed by atoms with Crippen LogP contribution in [-0.4, -0.2) is 38.7 Å². The maximum absolute atomic E-state index is 13.8. The zero-order valence-electron chi connectivity index (χ0n) is 16.0. The predicted molar refractivity (Wildman–Crippen MR) is 112 cm³/mol. The molecule has 9 heteroatoms. The van der Waals surface area contributed by atoms with Gasteiger partial charge in [-0.2, -0.15) is 10.1 Å². The van der Waals surface area contributed by atoms with Crippen molar-refractivity contribution in [2.24, 2.45) is 12.0 Å². The lowest BCUT2D eigenvalue weighted by Gasteiger charge is -2.28. The van der Waals surface area contributed by atoms with Crippen molar-refractivity contribution in [2.75, 3.05) is 29.0 Å². The number of nitrogens with two attached hydrogens (primary N) is 1. The zero-order valence-corrected chi connectivity index (χ0v) is 16.0. The molecule has 0 saturated carbocycles. The van der Waals surface area contributed by atoms with Gasteiger partial charge in [-0.25, -0.2) is 9.37 Å². The highest BCUT2D eigenvalue weighted by molar-refractivity contribution is 6.36. The largest absolute Gasteiger partial charge is 0.396 e. The number of aliphatic imine (C=N–C) groups is 1. The summed E-state index contributed by atoms with van der Waals surface area (Å²) < 4.78 is 15.5. The van der Waals surface area contributed by atoms with E-state index in [-0.39, 0.29) is 5.69 Å². The van der Waals surface area contributed by atoms with E-state index in [1.54, 1.807) is 16.9 Å². The topological polar surface area (TPSA) is 97.2 Å². The fourth-order valence-electron chi connectivity index (χ4n) is 3.64. The van der Waals surface area contributed by atoms with E-state index in [9.17, 15) is 4.39 Å². The van der Waals surface area contributed by atoms with Crippen molar-refractivity contribution < 1.29 is 4.39 Å². The summed E-state index contributed by atoms with van der Waals surface area (Å²) >= 11 is 0. The molecule has 5 rings (SSSR count). The number of nitrogens with one attached hydrogen (secondary N) is 1. The average Bonchev–Trinajstić information content (AvgIpc) is 3.34. The van der Waals surface area contributed by atoms with Gasteiger partial charge in [0.2, 0.25) is 5.95 Å². The van der Waals surface area contributed by atoms with Gasteiger partial charge in [-0.15, -0.1) is 0 Å². The van der Waals surface area contributed by atoms with Crippen molar-refractivity contribution in [3.63, 3.8) is 0 Å². The fourth-order valence-corrected chi connectivity index (χ4v) is 3.64. The number of rotatable bonds is 3. The normalized spacial score (nSPS) is 14.9. The van der Waals surface area contributed by atoms with Gasteiger partial charge in [0.1, 0.15) is 17.5 Å². The maximum Gasteiger partial charge on any atom is 0.230 e. The van der Waals surface area contributed by atoms with Gasteiger partial charge in [0, 0.05) is 43.2 Å². The van der Waals surface area contributed by atoms with Crippen LogP contribution in [-0.2, 0) is 7.05 Å². The Hall–Kier alpha value is -3.75. The van der Waals surface area contributed by atoms with Crippen LogP contribution in [0.3, 0.4) is 0 Å². The van der Waals surface area contributed by atoms with Gasteiger partial charge in [-0.05, 0) is 36.3 Å². The molecule has 0 bridgehead atoms. The Bertz CT molecular complexity index is 1190. The van der Waals surface area contributed by atoms with Crippen LogP contribution in [0.25, 0.3) is 11.6 Å². The van der Waals surface area contributed by atoms with E-state index >= 15 is 0 Å². The van der Waals surface area contributed by atoms with Gasteiger partial charge < -0.3 is 16.0 Å². The molecule has 29 heavy (non-hydrogen) atoms. The van der Waals surface area contributed by atoms with E-state index in [0.717, 1.165) is 40.5 Å². The van der Waals surface area contributed by atoms with Gasteiger partial charge in [-0.1, -0.05) is 0 Å². The van der Waals surface area contributed by atoms with Crippen LogP contribution in [0.4, 0.5) is 27.7 Å². The minimum atomic E-state index is -0.415. The fraction of sp³-hybridized carbons (Fsp3) is 0.200. The standard InChI is InChI=1S/C20H19FN8/c1-11-7-15(21)16(22)9-13(11)14-8-12-10-24-20(25-17-3-5-28(2)27-17)26-18(12)29-6-4-23-19(14)29/h3,5,7-10H,4,6,22H2,1-2H3,(H,24,25,26,27). The van der Waals surface area contributed by atoms with Gasteiger partial charge in [0.25, 0.3) is 0 Å². The van der Waals surface area contributed by atoms with Crippen molar-refractivity contribution in [1.29, 1.82) is 0 Å². The summed E-state index contributed by atoms with van der Waals surface area (Å²) in [6.07, 6.45) is 5.60. The first-order valence-corrected chi connectivity index (χ1v) is 9.23. The third-order valence-corrected chi connectivity index (χ3v) is 5.02. The number of benzene rings is 1. The molecule has 146 valence electrons. The third-order valence-electron chi connectivity index (χ3n) is 5.02. The number of aryl methyl sites for hydroxylation is 2. The summed E-state index contributed by atoms with van der Waals surface area (Å²) in [5, 5.41) is 7.42. The molecule has 0 amide bonds. The quantitative estimate of drug-likeness (QED) is 0.668. The SMILES string of the molecule is Cc1cc(F)c(N)cc1C1=Cc2cnc(Nc3ccn(C)n3)nc2N2CCN=C12. The highest BCUT2D eigenvalue weighted by Gasteiger charge is 2.31. The summed E-state index contributed by atoms with van der Waals surface area (Å²) in [6, 6.07) is 4.97. The van der Waals surface area contributed by atoms with Crippen LogP contribution < -0.4 is 16.0 Å². The minimum absolute atomic E-state index is 0.119. The van der Waals surface area contributed by atoms with E-state index in [0.29, 0.717) is 18.3 Å². The Kier molecular flexibility index (Phi) is 3.83. The lowest BCUT2D eigenvalue weighted by atomic mass is 9.94. The van der Waals surface area contributed by atoms with Gasteiger partial charge in [0.15, 0.2) is 5.82 Å². The first kappa shape index (κ1) is 17.4. The highest BCUT2D eigenvalue weighted by Crippen LogP contribution is 2.37. The van der Waals surface area contributed by atoms with E-state index in [1.165, 1.54) is 6.07 Å². The molecule has 0 fully saturated rings. The van der Waals surface area contributed by atoms with Crippen LogP contribution in [0.5, 0.6) is 0 Å². The maximum atomic E-state index is 13.8. The molecule has 0 aliphatic carbocycles. The van der Waals surface area contributed by atoms with Crippen LogP contribution in [0.2, 0.25) is 0 Å². The molecule has 0 spiro atoms. The van der Waals surface area contributed by atoms with Gasteiger partial charge >= 0.3 is 0 Å². The predicted octanol–water partition coefficient (Wildman–Crippen LogP) is 2.76. The summed E-state index contributed by atoms with van der Waals surface area (Å²) in [5.41, 5.74) is 9.37. The molecule has 0 radical (unpaired) electrons. The molecular weight excluding hydrogens is 371 g/mol. The van der Waals surface area contributed by atoms with Crippen molar-refractivity contribution in [1.82, 2.24) is 19.7 Å². The number of amidine groups is 1. The van der Waals surface area contributed by atoms with Gasteiger partial charge in [-0.3, -0.25) is 9.67 Å². The Balaban J connectivity index is 1.58. The number of nitrogens with zero attached hydrogens (tertiary/aromatic N) is 6. The Morgan fingerprint density at radius 3 is 2.93 bits per heavy atom. The van der Waals surface area contributed by atoms with Crippen LogP contribution in [0.15, 0.2) is 35.6 Å². The van der Waals surface area contributed by atoms with E-state index in [2.05, 4.69) is 30.3 Å². The second kappa shape index (κ2) is 6.40. The lowest BCUT2D eigenvalue weighted by molar-refractivity contribution is 0.631. The second-order valence-corrected chi connectivity index (χ2v) is 7.08. The van der Waals surface area contributed by atoms with Crippen LogP contribution in [0, 0.1) is 12.7 Å². The van der Waals surface area contributed by atoms with E-state index in [4.69, 9.17) is 5.73 Å². The Labute approximate surface area is 166 Å². The monoisotopic (exact) mass is 390 g/mol. The smallest absolute Gasteiger partial charge is 0.230 e.